The van der Waals surface area contributed by atoms with Gasteiger partial charge in [0.1, 0.15) is 17.8 Å². The van der Waals surface area contributed by atoms with Crippen LogP contribution in [0.3, 0.4) is 0 Å². The van der Waals surface area contributed by atoms with E-state index in [0.29, 0.717) is 40.1 Å². The number of hydrogen-bond acceptors (Lipinski definition) is 7. The maximum Gasteiger partial charge on any atom is 0.253 e. The summed E-state index contributed by atoms with van der Waals surface area (Å²) in [6.07, 6.45) is 7.72. The molecule has 0 aliphatic carbocycles. The molecule has 178 valence electrons. The van der Waals surface area contributed by atoms with Gasteiger partial charge in [-0.15, -0.1) is 0 Å². The Morgan fingerprint density at radius 3 is 2.74 bits per heavy atom. The number of aliphatic hydroxyl groups is 1. The molecule has 3 aromatic rings. The summed E-state index contributed by atoms with van der Waals surface area (Å²) in [5, 5.41) is 13.3. The number of carbonyl (C=O) groups excluding carboxylic acids is 2. The lowest BCUT2D eigenvalue weighted by Crippen LogP contribution is -2.36. The molecular weight excluding hydrogens is 434 g/mol. The molecule has 34 heavy (non-hydrogen) atoms. The SMILES string of the molecule is O=C(c1cccc(C(=O)N2CCCCC2)c1)c1c[nH]c2ncnc(N[C@@H]3CC[C@@H](CO)OC3)c12. The van der Waals surface area contributed by atoms with Crippen molar-refractivity contribution in [3.63, 3.8) is 0 Å². The van der Waals surface area contributed by atoms with E-state index in [1.807, 2.05) is 4.90 Å². The number of anilines is 1. The van der Waals surface area contributed by atoms with Gasteiger partial charge in [-0.25, -0.2) is 9.97 Å². The third-order valence-electron chi connectivity index (χ3n) is 6.64. The van der Waals surface area contributed by atoms with Crippen molar-refractivity contribution in [3.05, 3.63) is 53.5 Å². The van der Waals surface area contributed by atoms with Gasteiger partial charge in [0.15, 0.2) is 5.78 Å². The van der Waals surface area contributed by atoms with Crippen molar-refractivity contribution in [1.29, 1.82) is 0 Å². The normalized spacial score (nSPS) is 20.9. The number of amides is 1. The number of likely N-dealkylation sites (tertiary alicyclic amines) is 1. The van der Waals surface area contributed by atoms with E-state index in [0.717, 1.165) is 45.2 Å². The Hall–Kier alpha value is -3.30. The van der Waals surface area contributed by atoms with Crippen LogP contribution in [0.15, 0.2) is 36.8 Å². The molecule has 0 spiro atoms. The van der Waals surface area contributed by atoms with E-state index in [9.17, 15) is 14.7 Å². The van der Waals surface area contributed by atoms with Crippen LogP contribution in [0.1, 0.15) is 58.4 Å². The van der Waals surface area contributed by atoms with Crippen molar-refractivity contribution in [2.75, 3.05) is 31.6 Å². The summed E-state index contributed by atoms with van der Waals surface area (Å²) < 4.78 is 5.67. The lowest BCUT2D eigenvalue weighted by atomic mass is 10.00. The van der Waals surface area contributed by atoms with Crippen molar-refractivity contribution in [2.45, 2.75) is 44.2 Å². The van der Waals surface area contributed by atoms with Crippen molar-refractivity contribution < 1.29 is 19.4 Å². The molecule has 2 fully saturated rings. The van der Waals surface area contributed by atoms with Crippen molar-refractivity contribution in [2.24, 2.45) is 0 Å². The number of piperidine rings is 1. The molecule has 0 saturated carbocycles. The molecule has 0 bridgehead atoms. The number of H-pyrrole nitrogens is 1. The number of benzene rings is 1. The second-order valence-electron chi connectivity index (χ2n) is 8.97. The fourth-order valence-corrected chi connectivity index (χ4v) is 4.74. The summed E-state index contributed by atoms with van der Waals surface area (Å²) in [6, 6.07) is 6.95. The monoisotopic (exact) mass is 463 g/mol. The highest BCUT2D eigenvalue weighted by Gasteiger charge is 2.25. The van der Waals surface area contributed by atoms with Crippen LogP contribution < -0.4 is 5.32 Å². The fraction of sp³-hybridized carbons (Fsp3) is 0.440. The van der Waals surface area contributed by atoms with E-state index in [4.69, 9.17) is 4.74 Å². The lowest BCUT2D eigenvalue weighted by molar-refractivity contribution is -0.0224. The van der Waals surface area contributed by atoms with E-state index in [-0.39, 0.29) is 30.4 Å². The Balaban J connectivity index is 1.40. The first kappa shape index (κ1) is 22.5. The number of ketones is 1. The Bertz CT molecular complexity index is 1180. The van der Waals surface area contributed by atoms with Crippen LogP contribution in [0.5, 0.6) is 0 Å². The van der Waals surface area contributed by atoms with Gasteiger partial charge in [-0.3, -0.25) is 9.59 Å². The molecule has 3 N–H and O–H groups in total. The molecule has 2 aliphatic heterocycles. The molecule has 0 radical (unpaired) electrons. The topological polar surface area (TPSA) is 120 Å². The highest BCUT2D eigenvalue weighted by atomic mass is 16.5. The van der Waals surface area contributed by atoms with Crippen LogP contribution in [0.2, 0.25) is 0 Å². The number of aromatic amines is 1. The predicted molar refractivity (Wildman–Crippen MR) is 127 cm³/mol. The Morgan fingerprint density at radius 2 is 1.97 bits per heavy atom. The minimum absolute atomic E-state index is 0.0141. The van der Waals surface area contributed by atoms with Crippen LogP contribution in [0.4, 0.5) is 5.82 Å². The molecule has 2 saturated heterocycles. The zero-order valence-corrected chi connectivity index (χ0v) is 19.0. The number of hydrogen-bond donors (Lipinski definition) is 3. The Labute approximate surface area is 197 Å². The third-order valence-corrected chi connectivity index (χ3v) is 6.64. The second kappa shape index (κ2) is 9.90. The third kappa shape index (κ3) is 4.53. The summed E-state index contributed by atoms with van der Waals surface area (Å²) in [5.41, 5.74) is 1.99. The largest absolute Gasteiger partial charge is 0.394 e. The fourth-order valence-electron chi connectivity index (χ4n) is 4.74. The van der Waals surface area contributed by atoms with E-state index >= 15 is 0 Å². The molecule has 1 aromatic carbocycles. The zero-order chi connectivity index (χ0) is 23.5. The Kier molecular flexibility index (Phi) is 6.55. The van der Waals surface area contributed by atoms with Crippen LogP contribution in [0, 0.1) is 0 Å². The van der Waals surface area contributed by atoms with Crippen molar-refractivity contribution >= 4 is 28.5 Å². The molecule has 2 aliphatic rings. The van der Waals surface area contributed by atoms with Gasteiger partial charge >= 0.3 is 0 Å². The van der Waals surface area contributed by atoms with Gasteiger partial charge in [0, 0.05) is 30.4 Å². The van der Waals surface area contributed by atoms with E-state index < -0.39 is 0 Å². The molecule has 9 nitrogen and oxygen atoms in total. The van der Waals surface area contributed by atoms with Crippen LogP contribution >= 0.6 is 0 Å². The van der Waals surface area contributed by atoms with Gasteiger partial charge in [0.05, 0.1) is 36.3 Å². The van der Waals surface area contributed by atoms with E-state index in [1.54, 1.807) is 30.5 Å². The molecule has 0 unspecified atom stereocenters. The van der Waals surface area contributed by atoms with E-state index in [1.165, 1.54) is 6.33 Å². The number of aromatic nitrogens is 3. The summed E-state index contributed by atoms with van der Waals surface area (Å²) in [7, 11) is 0. The summed E-state index contributed by atoms with van der Waals surface area (Å²) in [6.45, 7) is 1.98. The number of ether oxygens (including phenoxy) is 1. The summed E-state index contributed by atoms with van der Waals surface area (Å²) in [4.78, 5) is 40.1. The van der Waals surface area contributed by atoms with Gasteiger partial charge in [-0.1, -0.05) is 12.1 Å². The summed E-state index contributed by atoms with van der Waals surface area (Å²) >= 11 is 0. The number of nitrogens with zero attached hydrogens (tertiary/aromatic N) is 3. The Morgan fingerprint density at radius 1 is 1.15 bits per heavy atom. The average Bonchev–Trinajstić information content (AvgIpc) is 3.34. The maximum atomic E-state index is 13.5. The predicted octanol–water partition coefficient (Wildman–Crippen LogP) is 2.77. The first-order valence-electron chi connectivity index (χ1n) is 11.9. The highest BCUT2D eigenvalue weighted by molar-refractivity contribution is 6.18. The van der Waals surface area contributed by atoms with Gasteiger partial charge < -0.3 is 25.0 Å². The first-order chi connectivity index (χ1) is 16.6. The zero-order valence-electron chi connectivity index (χ0n) is 19.0. The maximum absolute atomic E-state index is 13.5. The molecule has 4 heterocycles. The van der Waals surface area contributed by atoms with E-state index in [2.05, 4.69) is 20.3 Å². The minimum atomic E-state index is -0.197. The van der Waals surface area contributed by atoms with Gasteiger partial charge in [0.2, 0.25) is 0 Å². The van der Waals surface area contributed by atoms with Gasteiger partial charge in [-0.05, 0) is 44.2 Å². The first-order valence-corrected chi connectivity index (χ1v) is 11.9. The van der Waals surface area contributed by atoms with Crippen LogP contribution in [-0.4, -0.2) is 75.1 Å². The molecule has 2 aromatic heterocycles. The van der Waals surface area contributed by atoms with Crippen LogP contribution in [-0.2, 0) is 4.74 Å². The quantitative estimate of drug-likeness (QED) is 0.481. The number of carbonyl (C=O) groups is 2. The number of nitrogens with one attached hydrogen (secondary N) is 2. The smallest absolute Gasteiger partial charge is 0.253 e. The minimum Gasteiger partial charge on any atom is -0.394 e. The second-order valence-corrected chi connectivity index (χ2v) is 8.97. The standard InChI is InChI=1S/C25H29N5O4/c31-13-19-8-7-18(14-34-19)29-24-21-20(12-26-23(21)27-15-28-24)22(32)16-5-4-6-17(11-16)25(33)30-9-2-1-3-10-30/h4-6,11-12,15,18-19,31H,1-3,7-10,13-14H2,(H2,26,27,28,29)/t18-,19+/m1/s1. The van der Waals surface area contributed by atoms with Crippen molar-refractivity contribution in [3.8, 4) is 0 Å². The number of aliphatic hydroxyl groups excluding tert-OH is 1. The highest BCUT2D eigenvalue weighted by Crippen LogP contribution is 2.28. The molecule has 5 rings (SSSR count). The molecular formula is C25H29N5O4. The molecule has 2 atom stereocenters. The molecule has 1 amide bonds. The number of fused-ring (bicyclic) bond motifs is 1. The summed E-state index contributed by atoms with van der Waals surface area (Å²) in [5.74, 6) is 0.335. The lowest BCUT2D eigenvalue weighted by Gasteiger charge is -2.29. The van der Waals surface area contributed by atoms with Gasteiger partial charge in [-0.2, -0.15) is 0 Å². The molecule has 9 heteroatoms. The van der Waals surface area contributed by atoms with Crippen LogP contribution in [0.25, 0.3) is 11.0 Å². The number of rotatable bonds is 6. The van der Waals surface area contributed by atoms with Crippen molar-refractivity contribution in [1.82, 2.24) is 19.9 Å². The van der Waals surface area contributed by atoms with Gasteiger partial charge in [0.25, 0.3) is 5.91 Å². The average molecular weight is 464 g/mol.